The summed E-state index contributed by atoms with van der Waals surface area (Å²) in [7, 11) is 1.29. The number of carbonyl (C=O) groups is 2. The molecular formula is C15H18N2O4. The van der Waals surface area contributed by atoms with Gasteiger partial charge in [0.1, 0.15) is 5.71 Å². The van der Waals surface area contributed by atoms with E-state index in [2.05, 4.69) is 9.84 Å². The molecule has 1 aliphatic rings. The van der Waals surface area contributed by atoms with Crippen molar-refractivity contribution in [3.8, 4) is 0 Å². The smallest absolute Gasteiger partial charge is 0.354 e. The summed E-state index contributed by atoms with van der Waals surface area (Å²) in [5.41, 5.74) is 2.05. The van der Waals surface area contributed by atoms with Crippen molar-refractivity contribution in [2.45, 2.75) is 26.3 Å². The molecule has 0 N–H and O–H groups in total. The Morgan fingerprint density at radius 3 is 2.57 bits per heavy atom. The molecule has 0 saturated carbocycles. The summed E-state index contributed by atoms with van der Waals surface area (Å²) < 4.78 is 9.73. The van der Waals surface area contributed by atoms with E-state index < -0.39 is 18.0 Å². The first-order valence-electron chi connectivity index (χ1n) is 6.75. The minimum Gasteiger partial charge on any atom is -0.464 e. The van der Waals surface area contributed by atoms with Crippen molar-refractivity contribution in [1.82, 2.24) is 0 Å². The van der Waals surface area contributed by atoms with Gasteiger partial charge in [0.2, 0.25) is 0 Å². The van der Waals surface area contributed by atoms with Crippen LogP contribution in [0.15, 0.2) is 29.4 Å². The summed E-state index contributed by atoms with van der Waals surface area (Å²) in [6.07, 6.45) is 0.180. The van der Waals surface area contributed by atoms with Gasteiger partial charge in [0, 0.05) is 6.42 Å². The summed E-state index contributed by atoms with van der Waals surface area (Å²) in [6.45, 7) is 4.00. The fourth-order valence-corrected chi connectivity index (χ4v) is 2.11. The highest BCUT2D eigenvalue weighted by Gasteiger charge is 2.37. The Labute approximate surface area is 123 Å². The summed E-state index contributed by atoms with van der Waals surface area (Å²) in [6, 6.07) is 6.91. The van der Waals surface area contributed by atoms with Crippen molar-refractivity contribution >= 4 is 23.3 Å². The highest BCUT2D eigenvalue weighted by atomic mass is 16.5. The fraction of sp³-hybridized carbons (Fsp3) is 0.400. The van der Waals surface area contributed by atoms with E-state index in [0.29, 0.717) is 0 Å². The molecule has 1 aliphatic heterocycles. The van der Waals surface area contributed by atoms with Crippen molar-refractivity contribution in [2.24, 2.45) is 5.10 Å². The highest BCUT2D eigenvalue weighted by molar-refractivity contribution is 6.38. The van der Waals surface area contributed by atoms with E-state index in [-0.39, 0.29) is 18.7 Å². The van der Waals surface area contributed by atoms with E-state index in [1.54, 1.807) is 6.92 Å². The first-order valence-corrected chi connectivity index (χ1v) is 6.75. The van der Waals surface area contributed by atoms with Crippen molar-refractivity contribution in [2.75, 3.05) is 18.7 Å². The van der Waals surface area contributed by atoms with Gasteiger partial charge in [0.05, 0.1) is 19.4 Å². The van der Waals surface area contributed by atoms with Crippen LogP contribution in [0.5, 0.6) is 0 Å². The molecule has 1 atom stereocenters. The maximum absolute atomic E-state index is 12.1. The Bertz CT molecular complexity index is 566. The average Bonchev–Trinajstić information content (AvgIpc) is 2.92. The van der Waals surface area contributed by atoms with Crippen LogP contribution in [0.2, 0.25) is 0 Å². The van der Waals surface area contributed by atoms with Gasteiger partial charge in [-0.15, -0.1) is 0 Å². The summed E-state index contributed by atoms with van der Waals surface area (Å²) in [4.78, 5) is 23.7. The normalized spacial score (nSPS) is 17.4. The van der Waals surface area contributed by atoms with E-state index in [0.717, 1.165) is 11.3 Å². The zero-order valence-electron chi connectivity index (χ0n) is 12.3. The third kappa shape index (κ3) is 3.21. The summed E-state index contributed by atoms with van der Waals surface area (Å²) >= 11 is 0. The number of anilines is 1. The summed E-state index contributed by atoms with van der Waals surface area (Å²) in [5.74, 6) is -0.931. The Kier molecular flexibility index (Phi) is 4.57. The van der Waals surface area contributed by atoms with Crippen LogP contribution in [-0.4, -0.2) is 37.4 Å². The second-order valence-corrected chi connectivity index (χ2v) is 4.69. The highest BCUT2D eigenvalue weighted by Crippen LogP contribution is 2.26. The van der Waals surface area contributed by atoms with Gasteiger partial charge in [-0.05, 0) is 26.0 Å². The van der Waals surface area contributed by atoms with E-state index in [1.807, 2.05) is 31.2 Å². The third-order valence-electron chi connectivity index (χ3n) is 3.19. The largest absolute Gasteiger partial charge is 0.464 e. The van der Waals surface area contributed by atoms with Crippen LogP contribution < -0.4 is 5.01 Å². The van der Waals surface area contributed by atoms with Gasteiger partial charge in [-0.3, -0.25) is 5.01 Å². The minimum absolute atomic E-state index is 0.180. The molecule has 112 valence electrons. The number of nitrogens with zero attached hydrogens (tertiary/aromatic N) is 2. The molecule has 1 aromatic carbocycles. The fourth-order valence-electron chi connectivity index (χ4n) is 2.11. The first kappa shape index (κ1) is 15.0. The molecule has 1 heterocycles. The number of rotatable bonds is 4. The second-order valence-electron chi connectivity index (χ2n) is 4.69. The quantitative estimate of drug-likeness (QED) is 0.789. The van der Waals surface area contributed by atoms with E-state index in [9.17, 15) is 9.59 Å². The molecule has 0 spiro atoms. The Morgan fingerprint density at radius 1 is 1.33 bits per heavy atom. The van der Waals surface area contributed by atoms with Crippen molar-refractivity contribution in [3.63, 3.8) is 0 Å². The SMILES string of the molecule is CCOC(=O)C1CC(C(=O)OC)=NN1c1ccc(C)cc1. The Morgan fingerprint density at radius 2 is 2.00 bits per heavy atom. The first-order chi connectivity index (χ1) is 10.1. The Hall–Kier alpha value is -2.37. The molecular weight excluding hydrogens is 272 g/mol. The number of hydrogen-bond acceptors (Lipinski definition) is 6. The molecule has 6 heteroatoms. The monoisotopic (exact) mass is 290 g/mol. The van der Waals surface area contributed by atoms with Crippen molar-refractivity contribution in [3.05, 3.63) is 29.8 Å². The maximum atomic E-state index is 12.1. The maximum Gasteiger partial charge on any atom is 0.354 e. The molecule has 6 nitrogen and oxygen atoms in total. The van der Waals surface area contributed by atoms with Crippen LogP contribution in [0.1, 0.15) is 18.9 Å². The molecule has 0 radical (unpaired) electrons. The van der Waals surface area contributed by atoms with Gasteiger partial charge in [-0.1, -0.05) is 17.7 Å². The number of ether oxygens (including phenoxy) is 2. The third-order valence-corrected chi connectivity index (χ3v) is 3.19. The lowest BCUT2D eigenvalue weighted by Gasteiger charge is -2.21. The average molecular weight is 290 g/mol. The molecule has 21 heavy (non-hydrogen) atoms. The van der Waals surface area contributed by atoms with Crippen LogP contribution in [0.4, 0.5) is 5.69 Å². The zero-order valence-corrected chi connectivity index (χ0v) is 12.3. The molecule has 0 bridgehead atoms. The zero-order chi connectivity index (χ0) is 15.4. The van der Waals surface area contributed by atoms with E-state index >= 15 is 0 Å². The van der Waals surface area contributed by atoms with Gasteiger partial charge >= 0.3 is 11.9 Å². The van der Waals surface area contributed by atoms with Gasteiger partial charge in [-0.2, -0.15) is 5.10 Å². The molecule has 0 amide bonds. The van der Waals surface area contributed by atoms with E-state index in [4.69, 9.17) is 4.74 Å². The van der Waals surface area contributed by atoms with Crippen molar-refractivity contribution < 1.29 is 19.1 Å². The standard InChI is InChI=1S/C15H18N2O4/c1-4-21-15(19)13-9-12(14(18)20-3)16-17(13)11-7-5-10(2)6-8-11/h5-8,13H,4,9H2,1-3H3. The van der Waals surface area contributed by atoms with Crippen molar-refractivity contribution in [1.29, 1.82) is 0 Å². The van der Waals surface area contributed by atoms with Crippen LogP contribution in [0.25, 0.3) is 0 Å². The predicted molar refractivity (Wildman–Crippen MR) is 78.1 cm³/mol. The minimum atomic E-state index is -0.637. The topological polar surface area (TPSA) is 68.2 Å². The van der Waals surface area contributed by atoms with Gasteiger partial charge in [0.15, 0.2) is 6.04 Å². The van der Waals surface area contributed by atoms with Gasteiger partial charge in [-0.25, -0.2) is 9.59 Å². The number of esters is 2. The summed E-state index contributed by atoms with van der Waals surface area (Å²) in [5, 5.41) is 5.74. The van der Waals surface area contributed by atoms with Crippen LogP contribution >= 0.6 is 0 Å². The molecule has 0 saturated heterocycles. The van der Waals surface area contributed by atoms with Gasteiger partial charge in [0.25, 0.3) is 0 Å². The lowest BCUT2D eigenvalue weighted by molar-refractivity contribution is -0.144. The molecule has 0 aromatic heterocycles. The number of methoxy groups -OCH3 is 1. The van der Waals surface area contributed by atoms with Gasteiger partial charge < -0.3 is 9.47 Å². The van der Waals surface area contributed by atoms with Crippen LogP contribution in [0, 0.1) is 6.92 Å². The van der Waals surface area contributed by atoms with E-state index in [1.165, 1.54) is 12.1 Å². The van der Waals surface area contributed by atoms with Crippen LogP contribution in [0.3, 0.4) is 0 Å². The number of carbonyl (C=O) groups excluding carboxylic acids is 2. The number of hydrazone groups is 1. The molecule has 1 unspecified atom stereocenters. The molecule has 1 aromatic rings. The molecule has 0 aliphatic carbocycles. The number of hydrogen-bond donors (Lipinski definition) is 0. The predicted octanol–water partition coefficient (Wildman–Crippen LogP) is 1.67. The Balaban J connectivity index is 2.31. The number of aryl methyl sites for hydroxylation is 1. The van der Waals surface area contributed by atoms with Crippen LogP contribution in [-0.2, 0) is 19.1 Å². The lowest BCUT2D eigenvalue weighted by atomic mass is 10.1. The lowest BCUT2D eigenvalue weighted by Crippen LogP contribution is -2.36. The second kappa shape index (κ2) is 6.39. The number of benzene rings is 1. The molecule has 2 rings (SSSR count). The molecule has 0 fully saturated rings.